The molecule has 0 heterocycles. The molecule has 0 amide bonds. The van der Waals surface area contributed by atoms with Crippen molar-refractivity contribution in [3.8, 4) is 0 Å². The number of carbonyl (C=O) groups excluding carboxylic acids is 1. The van der Waals surface area contributed by atoms with E-state index in [2.05, 4.69) is 9.46 Å². The second-order valence-corrected chi connectivity index (χ2v) is 6.02. The van der Waals surface area contributed by atoms with Crippen LogP contribution in [0.3, 0.4) is 0 Å². The van der Waals surface area contributed by atoms with E-state index in [9.17, 15) is 18.0 Å². The molecular weight excluding hydrogens is 298 g/mol. The van der Waals surface area contributed by atoms with Crippen molar-refractivity contribution < 1.29 is 27.9 Å². The SMILES string of the molecule is CCOC(=O)CCNS(=O)(=O)Cc1ccc(C(=O)O)cc1. The first-order valence-corrected chi connectivity index (χ1v) is 7.94. The second-order valence-electron chi connectivity index (χ2n) is 4.21. The molecular formula is C13H17NO6S. The average molecular weight is 315 g/mol. The fourth-order valence-corrected chi connectivity index (χ4v) is 2.70. The minimum atomic E-state index is -3.58. The number of carbonyl (C=O) groups is 2. The summed E-state index contributed by atoms with van der Waals surface area (Å²) in [4.78, 5) is 21.8. The second kappa shape index (κ2) is 7.75. The molecule has 8 heteroatoms. The van der Waals surface area contributed by atoms with Crippen molar-refractivity contribution in [1.82, 2.24) is 4.72 Å². The molecule has 0 bridgehead atoms. The molecule has 116 valence electrons. The Morgan fingerprint density at radius 3 is 2.38 bits per heavy atom. The van der Waals surface area contributed by atoms with Gasteiger partial charge in [0, 0.05) is 6.54 Å². The van der Waals surface area contributed by atoms with E-state index >= 15 is 0 Å². The van der Waals surface area contributed by atoms with E-state index in [4.69, 9.17) is 5.11 Å². The zero-order valence-electron chi connectivity index (χ0n) is 11.5. The maximum atomic E-state index is 11.8. The Labute approximate surface area is 123 Å². The lowest BCUT2D eigenvalue weighted by atomic mass is 10.1. The Hall–Kier alpha value is -1.93. The third kappa shape index (κ3) is 6.37. The van der Waals surface area contributed by atoms with Gasteiger partial charge in [-0.25, -0.2) is 17.9 Å². The van der Waals surface area contributed by atoms with Crippen LogP contribution in [0.1, 0.15) is 29.3 Å². The van der Waals surface area contributed by atoms with Gasteiger partial charge in [0.1, 0.15) is 0 Å². The molecule has 0 aliphatic heterocycles. The van der Waals surface area contributed by atoms with Gasteiger partial charge in [-0.3, -0.25) is 4.79 Å². The fraction of sp³-hybridized carbons (Fsp3) is 0.385. The molecule has 0 saturated heterocycles. The number of ether oxygens (including phenoxy) is 1. The number of sulfonamides is 1. The normalized spacial score (nSPS) is 11.1. The number of nitrogens with one attached hydrogen (secondary N) is 1. The Kier molecular flexibility index (Phi) is 6.32. The van der Waals surface area contributed by atoms with Crippen LogP contribution in [0, 0.1) is 0 Å². The van der Waals surface area contributed by atoms with Gasteiger partial charge in [-0.1, -0.05) is 12.1 Å². The van der Waals surface area contributed by atoms with Gasteiger partial charge >= 0.3 is 11.9 Å². The highest BCUT2D eigenvalue weighted by molar-refractivity contribution is 7.88. The highest BCUT2D eigenvalue weighted by atomic mass is 32.2. The molecule has 1 rings (SSSR count). The molecule has 0 aliphatic carbocycles. The average Bonchev–Trinajstić information content (AvgIpc) is 2.38. The van der Waals surface area contributed by atoms with Gasteiger partial charge in [0.15, 0.2) is 0 Å². The van der Waals surface area contributed by atoms with E-state index in [1.165, 1.54) is 24.3 Å². The van der Waals surface area contributed by atoms with Crippen LogP contribution in [0.25, 0.3) is 0 Å². The van der Waals surface area contributed by atoms with E-state index in [0.717, 1.165) is 0 Å². The smallest absolute Gasteiger partial charge is 0.335 e. The number of aromatic carboxylic acids is 1. The number of hydrogen-bond donors (Lipinski definition) is 2. The van der Waals surface area contributed by atoms with Gasteiger partial charge in [-0.15, -0.1) is 0 Å². The summed E-state index contributed by atoms with van der Waals surface area (Å²) in [6, 6.07) is 5.56. The van der Waals surface area contributed by atoms with Crippen molar-refractivity contribution in [3.63, 3.8) is 0 Å². The maximum Gasteiger partial charge on any atom is 0.335 e. The molecule has 0 unspecified atom stereocenters. The molecule has 7 nitrogen and oxygen atoms in total. The predicted molar refractivity (Wildman–Crippen MR) is 75.3 cm³/mol. The molecule has 1 aromatic carbocycles. The van der Waals surface area contributed by atoms with Crippen molar-refractivity contribution in [2.45, 2.75) is 19.1 Å². The van der Waals surface area contributed by atoms with Crippen molar-refractivity contribution in [2.75, 3.05) is 13.2 Å². The molecule has 0 fully saturated rings. The Morgan fingerprint density at radius 2 is 1.86 bits per heavy atom. The van der Waals surface area contributed by atoms with Crippen LogP contribution in [0.5, 0.6) is 0 Å². The van der Waals surface area contributed by atoms with E-state index < -0.39 is 22.0 Å². The Balaban J connectivity index is 2.52. The standard InChI is InChI=1S/C13H17NO6S/c1-2-20-12(15)7-8-14-21(18,19)9-10-3-5-11(6-4-10)13(16)17/h3-6,14H,2,7-9H2,1H3,(H,16,17). The maximum absolute atomic E-state index is 11.8. The highest BCUT2D eigenvalue weighted by Gasteiger charge is 2.13. The number of esters is 1. The number of carboxylic acid groups (broad SMARTS) is 1. The summed E-state index contributed by atoms with van der Waals surface area (Å²) in [5.41, 5.74) is 0.551. The predicted octanol–water partition coefficient (Wildman–Crippen LogP) is 0.757. The van der Waals surface area contributed by atoms with E-state index in [-0.39, 0.29) is 30.9 Å². The van der Waals surface area contributed by atoms with Crippen molar-refractivity contribution >= 4 is 22.0 Å². The molecule has 0 aromatic heterocycles. The summed E-state index contributed by atoms with van der Waals surface area (Å²) < 4.78 is 30.5. The third-order valence-electron chi connectivity index (χ3n) is 2.51. The molecule has 21 heavy (non-hydrogen) atoms. The van der Waals surface area contributed by atoms with Gasteiger partial charge in [0.05, 0.1) is 24.3 Å². The van der Waals surface area contributed by atoms with Gasteiger partial charge in [0.25, 0.3) is 0 Å². The van der Waals surface area contributed by atoms with E-state index in [1.807, 2.05) is 0 Å². The monoisotopic (exact) mass is 315 g/mol. The van der Waals surface area contributed by atoms with Gasteiger partial charge < -0.3 is 9.84 Å². The zero-order valence-corrected chi connectivity index (χ0v) is 12.4. The van der Waals surface area contributed by atoms with Crippen LogP contribution in [0.15, 0.2) is 24.3 Å². The highest BCUT2D eigenvalue weighted by Crippen LogP contribution is 2.08. The minimum Gasteiger partial charge on any atom is -0.478 e. The summed E-state index contributed by atoms with van der Waals surface area (Å²) in [6.45, 7) is 1.89. The van der Waals surface area contributed by atoms with Crippen LogP contribution in [0.4, 0.5) is 0 Å². The Morgan fingerprint density at radius 1 is 1.24 bits per heavy atom. The van der Waals surface area contributed by atoms with Gasteiger partial charge in [-0.05, 0) is 24.6 Å². The Bertz CT molecular complexity index is 594. The molecule has 0 atom stereocenters. The number of carboxylic acids is 1. The first-order chi connectivity index (χ1) is 9.84. The topological polar surface area (TPSA) is 110 Å². The van der Waals surface area contributed by atoms with Crippen LogP contribution in [-0.2, 0) is 25.3 Å². The summed E-state index contributed by atoms with van der Waals surface area (Å²) >= 11 is 0. The third-order valence-corrected chi connectivity index (χ3v) is 3.87. The molecule has 2 N–H and O–H groups in total. The summed E-state index contributed by atoms with van der Waals surface area (Å²) in [5, 5.41) is 8.75. The zero-order chi connectivity index (χ0) is 15.9. The first-order valence-electron chi connectivity index (χ1n) is 6.29. The van der Waals surface area contributed by atoms with Crippen molar-refractivity contribution in [1.29, 1.82) is 0 Å². The van der Waals surface area contributed by atoms with Crippen LogP contribution >= 0.6 is 0 Å². The number of benzene rings is 1. The van der Waals surface area contributed by atoms with Gasteiger partial charge in [0.2, 0.25) is 10.0 Å². The molecule has 0 radical (unpaired) electrons. The van der Waals surface area contributed by atoms with E-state index in [1.54, 1.807) is 6.92 Å². The summed E-state index contributed by atoms with van der Waals surface area (Å²) in [5.74, 6) is -1.82. The van der Waals surface area contributed by atoms with Crippen molar-refractivity contribution in [3.05, 3.63) is 35.4 Å². The minimum absolute atomic E-state index is 0.0334. The van der Waals surface area contributed by atoms with Crippen molar-refractivity contribution in [2.24, 2.45) is 0 Å². The van der Waals surface area contributed by atoms with Crippen LogP contribution in [-0.4, -0.2) is 38.6 Å². The quantitative estimate of drug-likeness (QED) is 0.685. The van der Waals surface area contributed by atoms with Crippen LogP contribution in [0.2, 0.25) is 0 Å². The summed E-state index contributed by atoms with van der Waals surface area (Å²) in [6.07, 6.45) is -0.0367. The fourth-order valence-electron chi connectivity index (χ4n) is 1.56. The van der Waals surface area contributed by atoms with E-state index in [0.29, 0.717) is 5.56 Å². The first kappa shape index (κ1) is 17.1. The lowest BCUT2D eigenvalue weighted by molar-refractivity contribution is -0.142. The lowest BCUT2D eigenvalue weighted by Gasteiger charge is -2.07. The summed E-state index contributed by atoms with van der Waals surface area (Å²) in [7, 11) is -3.58. The number of hydrogen-bond acceptors (Lipinski definition) is 5. The van der Waals surface area contributed by atoms with Gasteiger partial charge in [-0.2, -0.15) is 0 Å². The molecule has 0 aliphatic rings. The lowest BCUT2D eigenvalue weighted by Crippen LogP contribution is -2.28. The molecule has 0 saturated carbocycles. The number of rotatable bonds is 8. The molecule has 0 spiro atoms. The molecule has 1 aromatic rings. The largest absolute Gasteiger partial charge is 0.478 e. The van der Waals surface area contributed by atoms with Crippen LogP contribution < -0.4 is 4.72 Å².